The number of carbonyl (C=O) groups excluding carboxylic acids is 1. The quantitative estimate of drug-likeness (QED) is 0.683. The Morgan fingerprint density at radius 2 is 2.09 bits per heavy atom. The highest BCUT2D eigenvalue weighted by atomic mass is 19.1. The second kappa shape index (κ2) is 6.58. The van der Waals surface area contributed by atoms with Crippen molar-refractivity contribution in [2.24, 2.45) is 0 Å². The van der Waals surface area contributed by atoms with Crippen LogP contribution in [0.5, 0.6) is 0 Å². The molecule has 1 fully saturated rings. The van der Waals surface area contributed by atoms with Gasteiger partial charge in [0.05, 0.1) is 5.60 Å². The monoisotopic (exact) mass is 319 g/mol. The maximum absolute atomic E-state index is 13.1. The second-order valence-corrected chi connectivity index (χ2v) is 6.29. The zero-order chi connectivity index (χ0) is 16.3. The van der Waals surface area contributed by atoms with E-state index >= 15 is 0 Å². The Hall–Kier alpha value is -2.08. The van der Waals surface area contributed by atoms with E-state index in [4.69, 9.17) is 0 Å². The van der Waals surface area contributed by atoms with E-state index in [2.05, 4.69) is 15.6 Å². The number of hydrogen-bond acceptors (Lipinski definition) is 2. The smallest absolute Gasteiger partial charge is 0.314 e. The third-order valence-electron chi connectivity index (χ3n) is 4.52. The van der Waals surface area contributed by atoms with Crippen LogP contribution in [0.25, 0.3) is 10.9 Å². The van der Waals surface area contributed by atoms with Crippen molar-refractivity contribution < 1.29 is 14.3 Å². The van der Waals surface area contributed by atoms with Gasteiger partial charge in [-0.05, 0) is 43.0 Å². The van der Waals surface area contributed by atoms with Crippen LogP contribution in [0.1, 0.15) is 31.2 Å². The van der Waals surface area contributed by atoms with Crippen LogP contribution >= 0.6 is 0 Å². The van der Waals surface area contributed by atoms with E-state index in [1.807, 2.05) is 6.20 Å². The first-order valence-electron chi connectivity index (χ1n) is 8.05. The number of fused-ring (bicyclic) bond motifs is 1. The van der Waals surface area contributed by atoms with Gasteiger partial charge in [0.25, 0.3) is 0 Å². The van der Waals surface area contributed by atoms with Crippen molar-refractivity contribution in [3.05, 3.63) is 35.8 Å². The number of rotatable bonds is 5. The van der Waals surface area contributed by atoms with Crippen molar-refractivity contribution in [1.82, 2.24) is 15.6 Å². The lowest BCUT2D eigenvalue weighted by molar-refractivity contribution is 0.0501. The normalized spacial score (nSPS) is 16.6. The summed E-state index contributed by atoms with van der Waals surface area (Å²) in [5, 5.41) is 16.7. The van der Waals surface area contributed by atoms with Crippen molar-refractivity contribution >= 4 is 16.9 Å². The summed E-state index contributed by atoms with van der Waals surface area (Å²) in [6, 6.07) is 4.37. The number of aromatic amines is 1. The van der Waals surface area contributed by atoms with Crippen molar-refractivity contribution in [3.63, 3.8) is 0 Å². The van der Waals surface area contributed by atoms with Crippen molar-refractivity contribution in [1.29, 1.82) is 0 Å². The van der Waals surface area contributed by atoms with E-state index < -0.39 is 5.60 Å². The minimum Gasteiger partial charge on any atom is -0.388 e. The molecule has 6 heteroatoms. The number of halogens is 1. The number of aromatic nitrogens is 1. The Morgan fingerprint density at radius 3 is 2.87 bits per heavy atom. The molecule has 3 rings (SSSR count). The Morgan fingerprint density at radius 1 is 1.30 bits per heavy atom. The zero-order valence-corrected chi connectivity index (χ0v) is 13.0. The molecule has 0 radical (unpaired) electrons. The van der Waals surface area contributed by atoms with Gasteiger partial charge in [-0.1, -0.05) is 12.8 Å². The first kappa shape index (κ1) is 15.8. The maximum atomic E-state index is 13.1. The van der Waals surface area contributed by atoms with E-state index in [9.17, 15) is 14.3 Å². The highest BCUT2D eigenvalue weighted by Crippen LogP contribution is 2.28. The van der Waals surface area contributed by atoms with E-state index in [0.717, 1.165) is 42.1 Å². The highest BCUT2D eigenvalue weighted by molar-refractivity contribution is 5.83. The van der Waals surface area contributed by atoms with Gasteiger partial charge in [0.1, 0.15) is 5.82 Å². The molecule has 5 nitrogen and oxygen atoms in total. The fourth-order valence-electron chi connectivity index (χ4n) is 3.19. The molecule has 0 atom stereocenters. The summed E-state index contributed by atoms with van der Waals surface area (Å²) >= 11 is 0. The molecule has 0 saturated heterocycles. The lowest BCUT2D eigenvalue weighted by Crippen LogP contribution is -2.45. The Bertz CT molecular complexity index is 692. The molecule has 2 amide bonds. The molecular weight excluding hydrogens is 297 g/mol. The average Bonchev–Trinajstić information content (AvgIpc) is 3.12. The minimum absolute atomic E-state index is 0.267. The van der Waals surface area contributed by atoms with Crippen molar-refractivity contribution in [2.45, 2.75) is 37.7 Å². The van der Waals surface area contributed by atoms with E-state index in [1.165, 1.54) is 12.1 Å². The molecule has 2 aromatic rings. The predicted octanol–water partition coefficient (Wildman–Crippen LogP) is 2.45. The molecule has 1 aliphatic carbocycles. The molecule has 1 saturated carbocycles. The number of urea groups is 1. The first-order chi connectivity index (χ1) is 11.1. The number of carbonyl (C=O) groups is 1. The molecule has 0 aliphatic heterocycles. The minimum atomic E-state index is -0.738. The van der Waals surface area contributed by atoms with Gasteiger partial charge in [-0.15, -0.1) is 0 Å². The van der Waals surface area contributed by atoms with Gasteiger partial charge in [-0.2, -0.15) is 0 Å². The summed E-state index contributed by atoms with van der Waals surface area (Å²) in [6.45, 7) is 0.778. The molecule has 4 N–H and O–H groups in total. The molecule has 23 heavy (non-hydrogen) atoms. The summed E-state index contributed by atoms with van der Waals surface area (Å²) in [4.78, 5) is 14.8. The van der Waals surface area contributed by atoms with Crippen LogP contribution in [0.3, 0.4) is 0 Å². The van der Waals surface area contributed by atoms with Crippen LogP contribution < -0.4 is 10.6 Å². The van der Waals surface area contributed by atoms with Crippen LogP contribution in [-0.4, -0.2) is 34.8 Å². The highest BCUT2D eigenvalue weighted by Gasteiger charge is 2.31. The molecule has 124 valence electrons. The van der Waals surface area contributed by atoms with Gasteiger partial charge >= 0.3 is 6.03 Å². The lowest BCUT2D eigenvalue weighted by Gasteiger charge is -2.22. The molecular formula is C17H22FN3O2. The Kier molecular flexibility index (Phi) is 4.52. The maximum Gasteiger partial charge on any atom is 0.314 e. The molecule has 0 bridgehead atoms. The van der Waals surface area contributed by atoms with E-state index in [1.54, 1.807) is 6.07 Å². The molecule has 0 spiro atoms. The molecule has 1 aromatic heterocycles. The van der Waals surface area contributed by atoms with Crippen molar-refractivity contribution in [2.75, 3.05) is 13.1 Å². The summed E-state index contributed by atoms with van der Waals surface area (Å²) in [7, 11) is 0. The summed E-state index contributed by atoms with van der Waals surface area (Å²) in [5.74, 6) is -0.270. The number of amides is 2. The van der Waals surface area contributed by atoms with Crippen molar-refractivity contribution in [3.8, 4) is 0 Å². The molecule has 1 aromatic carbocycles. The van der Waals surface area contributed by atoms with E-state index in [0.29, 0.717) is 19.5 Å². The predicted molar refractivity (Wildman–Crippen MR) is 86.8 cm³/mol. The number of benzene rings is 1. The van der Waals surface area contributed by atoms with Crippen LogP contribution in [0.4, 0.5) is 9.18 Å². The fraction of sp³-hybridized carbons (Fsp3) is 0.471. The van der Waals surface area contributed by atoms with E-state index in [-0.39, 0.29) is 11.8 Å². The summed E-state index contributed by atoms with van der Waals surface area (Å²) in [6.07, 6.45) is 6.02. The van der Waals surface area contributed by atoms with Gasteiger partial charge in [0, 0.05) is 30.2 Å². The number of nitrogens with one attached hydrogen (secondary N) is 3. The topological polar surface area (TPSA) is 77.2 Å². The third-order valence-corrected chi connectivity index (χ3v) is 4.52. The number of hydrogen-bond donors (Lipinski definition) is 4. The van der Waals surface area contributed by atoms with Gasteiger partial charge < -0.3 is 20.7 Å². The van der Waals surface area contributed by atoms with Gasteiger partial charge in [-0.25, -0.2) is 9.18 Å². The number of H-pyrrole nitrogens is 1. The third kappa shape index (κ3) is 3.82. The largest absolute Gasteiger partial charge is 0.388 e. The molecule has 1 heterocycles. The zero-order valence-electron chi connectivity index (χ0n) is 13.0. The van der Waals surface area contributed by atoms with Gasteiger partial charge in [0.2, 0.25) is 0 Å². The SMILES string of the molecule is O=C(NCCc1c[nH]c2cc(F)ccc12)NCC1(O)CCCC1. The number of aliphatic hydroxyl groups is 1. The standard InChI is InChI=1S/C17H22FN3O2/c18-13-3-4-14-12(10-20-15(14)9-13)5-8-19-16(22)21-11-17(23)6-1-2-7-17/h3-4,9-10,20,23H,1-2,5-8,11H2,(H2,19,21,22). The Balaban J connectivity index is 1.46. The Labute approximate surface area is 134 Å². The van der Waals surface area contributed by atoms with Gasteiger partial charge in [0.15, 0.2) is 0 Å². The lowest BCUT2D eigenvalue weighted by atomic mass is 10.0. The summed E-state index contributed by atoms with van der Waals surface area (Å²) in [5.41, 5.74) is 1.06. The second-order valence-electron chi connectivity index (χ2n) is 6.29. The van der Waals surface area contributed by atoms with Crippen LogP contribution in [0.15, 0.2) is 24.4 Å². The first-order valence-corrected chi connectivity index (χ1v) is 8.05. The van der Waals surface area contributed by atoms with Gasteiger partial charge in [-0.3, -0.25) is 0 Å². The molecule has 1 aliphatic rings. The van der Waals surface area contributed by atoms with Crippen LogP contribution in [-0.2, 0) is 6.42 Å². The molecule has 0 unspecified atom stereocenters. The summed E-state index contributed by atoms with van der Waals surface area (Å²) < 4.78 is 13.1. The van der Waals surface area contributed by atoms with Crippen LogP contribution in [0.2, 0.25) is 0 Å². The van der Waals surface area contributed by atoms with Crippen LogP contribution in [0, 0.1) is 5.82 Å². The average molecular weight is 319 g/mol. The fourth-order valence-corrected chi connectivity index (χ4v) is 3.19.